The van der Waals surface area contributed by atoms with Gasteiger partial charge in [0, 0.05) is 16.9 Å². The molecule has 2 aliphatic heterocycles. The Kier molecular flexibility index (Phi) is 4.90. The number of urea groups is 1. The van der Waals surface area contributed by atoms with Crippen LogP contribution < -0.4 is 16.4 Å². The number of halogens is 1. The molecule has 5 rings (SSSR count). The van der Waals surface area contributed by atoms with Crippen molar-refractivity contribution in [1.29, 1.82) is 0 Å². The third-order valence-corrected chi connectivity index (χ3v) is 7.25. The number of rotatable bonds is 3. The fraction of sp³-hybridized carbons (Fsp3) is 0.545. The number of amides is 3. The number of likely N-dealkylation sites (tertiary alicyclic amines) is 1. The number of benzene rings is 1. The molecule has 0 radical (unpaired) electrons. The molecule has 1 aromatic carbocycles. The molecule has 0 unspecified atom stereocenters. The smallest absolute Gasteiger partial charge is 0.319 e. The number of fused-ring (bicyclic) bond motifs is 4. The highest BCUT2D eigenvalue weighted by Gasteiger charge is 2.43. The van der Waals surface area contributed by atoms with Crippen molar-refractivity contribution in [3.63, 3.8) is 0 Å². The predicted molar refractivity (Wildman–Crippen MR) is 115 cm³/mol. The first kappa shape index (κ1) is 19.7. The van der Waals surface area contributed by atoms with E-state index in [1.807, 2.05) is 6.07 Å². The predicted octanol–water partition coefficient (Wildman–Crippen LogP) is 4.08. The number of hydrogen-bond donors (Lipinski definition) is 3. The molecule has 1 saturated heterocycles. The molecule has 3 amide bonds. The zero-order chi connectivity index (χ0) is 20.9. The number of nitrogens with one attached hydrogen (secondary N) is 2. The zero-order valence-electron chi connectivity index (χ0n) is 16.9. The first-order chi connectivity index (χ1) is 14.4. The third-order valence-electron chi connectivity index (χ3n) is 6.96. The molecule has 160 valence electrons. The van der Waals surface area contributed by atoms with E-state index in [1.54, 1.807) is 0 Å². The number of anilines is 1. The van der Waals surface area contributed by atoms with Crippen LogP contribution in [0.15, 0.2) is 16.5 Å². The van der Waals surface area contributed by atoms with Gasteiger partial charge in [-0.05, 0) is 50.9 Å². The van der Waals surface area contributed by atoms with E-state index in [0.29, 0.717) is 17.3 Å². The second-order valence-electron chi connectivity index (χ2n) is 8.91. The summed E-state index contributed by atoms with van der Waals surface area (Å²) in [7, 11) is 0. The first-order valence-electron chi connectivity index (χ1n) is 10.8. The summed E-state index contributed by atoms with van der Waals surface area (Å²) in [5, 5.41) is 7.60. The molecule has 8 heteroatoms. The van der Waals surface area contributed by atoms with Crippen LogP contribution in [0.4, 0.5) is 10.5 Å². The summed E-state index contributed by atoms with van der Waals surface area (Å²) in [5.74, 6) is 0.644. The largest absolute Gasteiger partial charge is 0.459 e. The number of hydrogen-bond acceptors (Lipinski definition) is 4. The summed E-state index contributed by atoms with van der Waals surface area (Å²) in [6.07, 6.45) is 6.66. The molecule has 1 spiro atoms. The first-order valence-corrected chi connectivity index (χ1v) is 11.2. The number of carbonyl (C=O) groups is 2. The van der Waals surface area contributed by atoms with E-state index in [-0.39, 0.29) is 17.9 Å². The van der Waals surface area contributed by atoms with Crippen LogP contribution in [0.2, 0.25) is 5.02 Å². The Morgan fingerprint density at radius 1 is 1.23 bits per heavy atom. The topological polar surface area (TPSA) is 101 Å². The van der Waals surface area contributed by atoms with E-state index >= 15 is 0 Å². The van der Waals surface area contributed by atoms with Crippen molar-refractivity contribution in [2.45, 2.75) is 57.0 Å². The minimum Gasteiger partial charge on any atom is -0.459 e. The van der Waals surface area contributed by atoms with E-state index in [4.69, 9.17) is 21.8 Å². The molecule has 0 bridgehead atoms. The molecule has 2 aromatic rings. The Labute approximate surface area is 180 Å². The summed E-state index contributed by atoms with van der Waals surface area (Å²) >= 11 is 6.60. The van der Waals surface area contributed by atoms with Crippen LogP contribution in [0.5, 0.6) is 0 Å². The number of furan rings is 1. The van der Waals surface area contributed by atoms with Crippen LogP contribution in [0, 0.1) is 5.92 Å². The number of piperidine rings is 1. The standard InChI is InChI=1S/C22H27ClN4O3/c23-16-11-14-10-15(12-27-8-4-13(5-9-27)20(24)28)30-19(14)17-18(16)25-21(29)26-22(17)6-2-1-3-7-22/h10-11,13H,1-9,12H2,(H2,24,28)(H2,25,26,29). The van der Waals surface area contributed by atoms with E-state index in [1.165, 1.54) is 6.42 Å². The van der Waals surface area contributed by atoms with Crippen molar-refractivity contribution in [3.8, 4) is 0 Å². The lowest BCUT2D eigenvalue weighted by molar-refractivity contribution is -0.123. The highest BCUT2D eigenvalue weighted by Crippen LogP contribution is 2.49. The summed E-state index contributed by atoms with van der Waals surface area (Å²) in [4.78, 5) is 26.1. The van der Waals surface area contributed by atoms with Gasteiger partial charge in [0.2, 0.25) is 5.91 Å². The van der Waals surface area contributed by atoms with E-state index in [9.17, 15) is 9.59 Å². The summed E-state index contributed by atoms with van der Waals surface area (Å²) in [6, 6.07) is 3.73. The highest BCUT2D eigenvalue weighted by atomic mass is 35.5. The Morgan fingerprint density at radius 2 is 1.97 bits per heavy atom. The normalized spacial score (nSPS) is 22.0. The van der Waals surface area contributed by atoms with Gasteiger partial charge in [-0.1, -0.05) is 30.9 Å². The summed E-state index contributed by atoms with van der Waals surface area (Å²) in [5.41, 5.74) is 7.50. The Hall–Kier alpha value is -2.25. The van der Waals surface area contributed by atoms with Crippen LogP contribution in [-0.4, -0.2) is 29.9 Å². The molecule has 0 atom stereocenters. The van der Waals surface area contributed by atoms with Crippen LogP contribution in [0.1, 0.15) is 56.3 Å². The maximum Gasteiger partial charge on any atom is 0.319 e. The SMILES string of the molecule is NC(=O)C1CCN(Cc2cc3cc(Cl)c4c(c3o2)C2(CCCCC2)NC(=O)N4)CC1. The second kappa shape index (κ2) is 7.46. The Bertz CT molecular complexity index is 1000. The van der Waals surface area contributed by atoms with Gasteiger partial charge in [-0.25, -0.2) is 4.79 Å². The van der Waals surface area contributed by atoms with Gasteiger partial charge in [0.05, 0.1) is 22.8 Å². The minimum atomic E-state index is -0.423. The molecule has 7 nitrogen and oxygen atoms in total. The van der Waals surface area contributed by atoms with Gasteiger partial charge in [0.25, 0.3) is 0 Å². The fourth-order valence-electron chi connectivity index (χ4n) is 5.41. The maximum absolute atomic E-state index is 12.4. The Morgan fingerprint density at radius 3 is 2.67 bits per heavy atom. The quantitative estimate of drug-likeness (QED) is 0.682. The summed E-state index contributed by atoms with van der Waals surface area (Å²) < 4.78 is 6.38. The van der Waals surface area contributed by atoms with E-state index < -0.39 is 5.54 Å². The lowest BCUT2D eigenvalue weighted by Gasteiger charge is -2.42. The molecule has 1 aliphatic carbocycles. The lowest BCUT2D eigenvalue weighted by Crippen LogP contribution is -2.52. The molecule has 1 saturated carbocycles. The van der Waals surface area contributed by atoms with Crippen LogP contribution in [-0.2, 0) is 16.9 Å². The molecule has 30 heavy (non-hydrogen) atoms. The summed E-state index contributed by atoms with van der Waals surface area (Å²) in [6.45, 7) is 2.33. The lowest BCUT2D eigenvalue weighted by atomic mass is 9.74. The van der Waals surface area contributed by atoms with Gasteiger partial charge >= 0.3 is 6.03 Å². The van der Waals surface area contributed by atoms with Gasteiger partial charge in [0.1, 0.15) is 11.3 Å². The molecule has 1 aromatic heterocycles. The van der Waals surface area contributed by atoms with Crippen molar-refractivity contribution < 1.29 is 14.0 Å². The zero-order valence-corrected chi connectivity index (χ0v) is 17.7. The molecule has 2 fully saturated rings. The Balaban J connectivity index is 1.49. The second-order valence-corrected chi connectivity index (χ2v) is 9.32. The third kappa shape index (κ3) is 3.34. The monoisotopic (exact) mass is 430 g/mol. The fourth-order valence-corrected chi connectivity index (χ4v) is 5.67. The van der Waals surface area contributed by atoms with E-state index in [0.717, 1.165) is 73.9 Å². The average molecular weight is 431 g/mol. The van der Waals surface area contributed by atoms with Gasteiger partial charge in [-0.2, -0.15) is 0 Å². The molecule has 3 heterocycles. The molecular formula is C22H27ClN4O3. The number of primary amides is 1. The highest BCUT2D eigenvalue weighted by molar-refractivity contribution is 6.35. The molecule has 3 aliphatic rings. The number of nitrogens with zero attached hydrogens (tertiary/aromatic N) is 1. The molecular weight excluding hydrogens is 404 g/mol. The van der Waals surface area contributed by atoms with Crippen LogP contribution in [0.3, 0.4) is 0 Å². The van der Waals surface area contributed by atoms with Gasteiger partial charge in [0.15, 0.2) is 0 Å². The number of carbonyl (C=O) groups excluding carboxylic acids is 2. The molecule has 4 N–H and O–H groups in total. The van der Waals surface area contributed by atoms with Crippen molar-refractivity contribution in [1.82, 2.24) is 10.2 Å². The average Bonchev–Trinajstić information content (AvgIpc) is 3.10. The van der Waals surface area contributed by atoms with E-state index in [2.05, 4.69) is 21.6 Å². The van der Waals surface area contributed by atoms with Crippen molar-refractivity contribution >= 4 is 40.2 Å². The van der Waals surface area contributed by atoms with Crippen LogP contribution in [0.25, 0.3) is 11.0 Å². The maximum atomic E-state index is 12.4. The van der Waals surface area contributed by atoms with Crippen molar-refractivity contribution in [2.24, 2.45) is 11.7 Å². The van der Waals surface area contributed by atoms with Crippen molar-refractivity contribution in [2.75, 3.05) is 18.4 Å². The minimum absolute atomic E-state index is 0.0244. The van der Waals surface area contributed by atoms with Gasteiger partial charge in [-0.15, -0.1) is 0 Å². The van der Waals surface area contributed by atoms with Crippen molar-refractivity contribution in [3.05, 3.63) is 28.5 Å². The van der Waals surface area contributed by atoms with Gasteiger partial charge in [-0.3, -0.25) is 9.69 Å². The van der Waals surface area contributed by atoms with Gasteiger partial charge < -0.3 is 20.8 Å². The van der Waals surface area contributed by atoms with Crippen LogP contribution >= 0.6 is 11.6 Å². The number of nitrogens with two attached hydrogens (primary N) is 1.